The third-order valence-corrected chi connectivity index (χ3v) is 11.0. The molecule has 226 valence electrons. The molecule has 0 bridgehead atoms. The first kappa shape index (κ1) is 30.9. The van der Waals surface area contributed by atoms with Gasteiger partial charge in [-0.25, -0.2) is 0 Å². The molecule has 2 aromatic rings. The minimum atomic E-state index is 0.421. The summed E-state index contributed by atoms with van der Waals surface area (Å²) in [6.07, 6.45) is 22.4. The van der Waals surface area contributed by atoms with Crippen molar-refractivity contribution in [2.75, 3.05) is 11.9 Å². The standard InChI is InChI=1S/C41H57N/c1-30(27-35-18-13-14-22-38(35)31(2)26-33-16-9-7-10-17-33)32(3)39-28-34(36-19-15-25-41(4,5)29-36)23-24-40(39)42(6)37-20-11-8-12-21-37/h13-14,18,22-24,27-28,33,36-37H,1,3,7-12,15-17,19-21,25-26,29H2,2,4-6H3/b35-27-,38-31+. The number of nitrogens with zero attached hydrogens (tertiary/aromatic N) is 1. The van der Waals surface area contributed by atoms with Crippen molar-refractivity contribution in [2.45, 2.75) is 129 Å². The largest absolute Gasteiger partial charge is 0.371 e. The third-order valence-electron chi connectivity index (χ3n) is 11.0. The molecule has 0 spiro atoms. The molecular weight excluding hydrogens is 506 g/mol. The first-order chi connectivity index (χ1) is 20.2. The van der Waals surface area contributed by atoms with Crippen molar-refractivity contribution < 1.29 is 0 Å². The third kappa shape index (κ3) is 7.50. The van der Waals surface area contributed by atoms with Crippen molar-refractivity contribution in [1.29, 1.82) is 0 Å². The molecule has 3 aliphatic rings. The summed E-state index contributed by atoms with van der Waals surface area (Å²) in [4.78, 5) is 2.57. The lowest BCUT2D eigenvalue weighted by Gasteiger charge is -2.37. The fraction of sp³-hybridized carbons (Fsp3) is 0.561. The van der Waals surface area contributed by atoms with Crippen molar-refractivity contribution in [3.63, 3.8) is 0 Å². The highest BCUT2D eigenvalue weighted by molar-refractivity contribution is 5.91. The molecule has 0 amide bonds. The van der Waals surface area contributed by atoms with Crippen LogP contribution in [0.4, 0.5) is 5.69 Å². The van der Waals surface area contributed by atoms with Gasteiger partial charge in [-0.1, -0.05) is 121 Å². The number of hydrogen-bond donors (Lipinski definition) is 0. The average Bonchev–Trinajstić information content (AvgIpc) is 3.00. The van der Waals surface area contributed by atoms with Crippen molar-refractivity contribution in [3.8, 4) is 0 Å². The number of benzene rings is 2. The van der Waals surface area contributed by atoms with Gasteiger partial charge >= 0.3 is 0 Å². The van der Waals surface area contributed by atoms with Gasteiger partial charge in [0.15, 0.2) is 0 Å². The summed E-state index contributed by atoms with van der Waals surface area (Å²) in [7, 11) is 2.32. The van der Waals surface area contributed by atoms with Gasteiger partial charge in [-0.05, 0) is 108 Å². The van der Waals surface area contributed by atoms with Crippen LogP contribution in [0.25, 0.3) is 17.2 Å². The molecule has 3 saturated carbocycles. The van der Waals surface area contributed by atoms with Gasteiger partial charge in [-0.15, -0.1) is 0 Å². The predicted molar refractivity (Wildman–Crippen MR) is 185 cm³/mol. The summed E-state index contributed by atoms with van der Waals surface area (Å²) in [5.74, 6) is 1.47. The van der Waals surface area contributed by atoms with Gasteiger partial charge < -0.3 is 4.90 Å². The summed E-state index contributed by atoms with van der Waals surface area (Å²) in [5.41, 5.74) is 8.15. The van der Waals surface area contributed by atoms with Crippen LogP contribution in [-0.2, 0) is 0 Å². The maximum Gasteiger partial charge on any atom is 0.0446 e. The van der Waals surface area contributed by atoms with E-state index in [9.17, 15) is 0 Å². The van der Waals surface area contributed by atoms with Gasteiger partial charge in [0.2, 0.25) is 0 Å². The first-order valence-electron chi connectivity index (χ1n) is 17.2. The Morgan fingerprint density at radius 3 is 2.29 bits per heavy atom. The first-order valence-corrected chi connectivity index (χ1v) is 17.2. The molecule has 0 N–H and O–H groups in total. The van der Waals surface area contributed by atoms with Crippen LogP contribution >= 0.6 is 0 Å². The monoisotopic (exact) mass is 563 g/mol. The van der Waals surface area contributed by atoms with Crippen molar-refractivity contribution in [2.24, 2.45) is 11.3 Å². The molecule has 42 heavy (non-hydrogen) atoms. The Morgan fingerprint density at radius 1 is 0.881 bits per heavy atom. The van der Waals surface area contributed by atoms with E-state index in [2.05, 4.69) is 87.8 Å². The highest BCUT2D eigenvalue weighted by atomic mass is 15.1. The van der Waals surface area contributed by atoms with Crippen molar-refractivity contribution >= 4 is 22.9 Å². The molecule has 2 aromatic carbocycles. The molecule has 3 aliphatic carbocycles. The maximum absolute atomic E-state index is 4.73. The molecule has 0 aliphatic heterocycles. The molecule has 3 fully saturated rings. The van der Waals surface area contributed by atoms with Gasteiger partial charge in [0.1, 0.15) is 0 Å². The summed E-state index contributed by atoms with van der Waals surface area (Å²) < 4.78 is 0. The second-order valence-corrected chi connectivity index (χ2v) is 14.9. The van der Waals surface area contributed by atoms with E-state index in [-0.39, 0.29) is 0 Å². The lowest BCUT2D eigenvalue weighted by atomic mass is 9.70. The Kier molecular flexibility index (Phi) is 10.2. The topological polar surface area (TPSA) is 3.24 Å². The number of allylic oxidation sites excluding steroid dienone is 2. The SMILES string of the molecule is C=C(/C=c1/cccc/c1=C(/C)CC1CCCCC1)C(=C)c1cc(C2CCCC(C)(C)C2)ccc1N(C)C1CCCCC1. The Hall–Kier alpha value is -2.54. The number of hydrogen-bond acceptors (Lipinski definition) is 1. The fourth-order valence-electron chi connectivity index (χ4n) is 8.40. The minimum absolute atomic E-state index is 0.421. The lowest BCUT2D eigenvalue weighted by Crippen LogP contribution is -2.34. The van der Waals surface area contributed by atoms with E-state index in [0.717, 1.165) is 17.1 Å². The Bertz CT molecular complexity index is 1360. The maximum atomic E-state index is 4.73. The van der Waals surface area contributed by atoms with Gasteiger partial charge in [-0.2, -0.15) is 0 Å². The zero-order chi connectivity index (χ0) is 29.7. The second kappa shape index (κ2) is 13.8. The normalized spacial score (nSPS) is 23.0. The van der Waals surface area contributed by atoms with Crippen LogP contribution in [0.2, 0.25) is 0 Å². The van der Waals surface area contributed by atoms with Crippen LogP contribution in [0.3, 0.4) is 0 Å². The minimum Gasteiger partial charge on any atom is -0.371 e. The summed E-state index contributed by atoms with van der Waals surface area (Å²) in [6, 6.07) is 16.9. The molecule has 5 rings (SSSR count). The van der Waals surface area contributed by atoms with Crippen molar-refractivity contribution in [3.05, 3.63) is 82.8 Å². The second-order valence-electron chi connectivity index (χ2n) is 14.9. The highest BCUT2D eigenvalue weighted by Gasteiger charge is 2.30. The van der Waals surface area contributed by atoms with E-state index in [0.29, 0.717) is 17.4 Å². The summed E-state index contributed by atoms with van der Waals surface area (Å²) in [6.45, 7) is 16.6. The van der Waals surface area contributed by atoms with Gasteiger partial charge in [0, 0.05) is 24.3 Å². The van der Waals surface area contributed by atoms with E-state index in [4.69, 9.17) is 6.58 Å². The Labute approximate surface area is 257 Å². The van der Waals surface area contributed by atoms with Crippen LogP contribution < -0.4 is 15.3 Å². The van der Waals surface area contributed by atoms with E-state index in [1.807, 2.05) is 0 Å². The van der Waals surface area contributed by atoms with Crippen LogP contribution in [0, 0.1) is 11.3 Å². The van der Waals surface area contributed by atoms with Gasteiger partial charge in [-0.3, -0.25) is 0 Å². The van der Waals surface area contributed by atoms with Crippen LogP contribution in [0.15, 0.2) is 61.2 Å². The molecule has 1 nitrogen and oxygen atoms in total. The molecule has 0 saturated heterocycles. The number of rotatable bonds is 8. The molecule has 0 radical (unpaired) electrons. The smallest absolute Gasteiger partial charge is 0.0446 e. The molecule has 1 atom stereocenters. The Balaban J connectivity index is 1.49. The van der Waals surface area contributed by atoms with E-state index < -0.39 is 0 Å². The highest BCUT2D eigenvalue weighted by Crippen LogP contribution is 2.45. The quantitative estimate of drug-likeness (QED) is 0.289. The Morgan fingerprint density at radius 2 is 1.57 bits per heavy atom. The average molecular weight is 564 g/mol. The number of anilines is 1. The lowest BCUT2D eigenvalue weighted by molar-refractivity contribution is 0.219. The van der Waals surface area contributed by atoms with Gasteiger partial charge in [0.05, 0.1) is 0 Å². The van der Waals surface area contributed by atoms with Crippen molar-refractivity contribution in [1.82, 2.24) is 0 Å². The molecule has 1 heteroatoms. The predicted octanol–water partition coefficient (Wildman–Crippen LogP) is 10.3. The van der Waals surface area contributed by atoms with Crippen LogP contribution in [-0.4, -0.2) is 13.1 Å². The zero-order valence-electron chi connectivity index (χ0n) is 27.3. The van der Waals surface area contributed by atoms with Gasteiger partial charge in [0.25, 0.3) is 0 Å². The summed E-state index contributed by atoms with van der Waals surface area (Å²) in [5, 5.41) is 2.67. The zero-order valence-corrected chi connectivity index (χ0v) is 27.3. The fourth-order valence-corrected chi connectivity index (χ4v) is 8.40. The molecule has 0 aromatic heterocycles. The van der Waals surface area contributed by atoms with E-state index >= 15 is 0 Å². The van der Waals surface area contributed by atoms with E-state index in [1.54, 1.807) is 0 Å². The molecule has 1 unspecified atom stereocenters. The van der Waals surface area contributed by atoms with Crippen LogP contribution in [0.5, 0.6) is 0 Å². The van der Waals surface area contributed by atoms with Crippen LogP contribution in [0.1, 0.15) is 134 Å². The molecular formula is C41H57N. The van der Waals surface area contributed by atoms with E-state index in [1.165, 1.54) is 129 Å². The molecule has 0 heterocycles. The summed E-state index contributed by atoms with van der Waals surface area (Å²) >= 11 is 0.